The summed E-state index contributed by atoms with van der Waals surface area (Å²) in [7, 11) is 0. The number of carbonyl (C=O) groups excluding carboxylic acids is 1. The number of aliphatic hydroxyl groups excluding tert-OH is 1. The van der Waals surface area contributed by atoms with Crippen LogP contribution >= 0.6 is 0 Å². The fraction of sp³-hybridized carbons (Fsp3) is 0.316. The maximum absolute atomic E-state index is 12.9. The first kappa shape index (κ1) is 17.9. The summed E-state index contributed by atoms with van der Waals surface area (Å²) in [4.78, 5) is 12.1. The molecule has 2 aromatic rings. The van der Waals surface area contributed by atoms with Gasteiger partial charge in [-0.25, -0.2) is 9.18 Å². The average molecular weight is 330 g/mol. The maximum atomic E-state index is 12.9. The number of benzene rings is 2. The molecule has 0 spiro atoms. The van der Waals surface area contributed by atoms with Gasteiger partial charge in [-0.1, -0.05) is 44.2 Å². The Morgan fingerprint density at radius 1 is 1.17 bits per heavy atom. The molecule has 0 fully saturated rings. The molecule has 2 rings (SSSR count). The lowest BCUT2D eigenvalue weighted by Gasteiger charge is -2.18. The first-order chi connectivity index (χ1) is 11.4. The molecular weight excluding hydrogens is 307 g/mol. The average Bonchev–Trinajstić information content (AvgIpc) is 2.55. The molecule has 0 bridgehead atoms. The van der Waals surface area contributed by atoms with Crippen LogP contribution in [0.2, 0.25) is 0 Å². The first-order valence-corrected chi connectivity index (χ1v) is 7.96. The lowest BCUT2D eigenvalue weighted by atomic mass is 9.98. The predicted molar refractivity (Wildman–Crippen MR) is 93.6 cm³/mol. The second kappa shape index (κ2) is 7.93. The highest BCUT2D eigenvalue weighted by molar-refractivity contribution is 5.91. The van der Waals surface area contributed by atoms with Crippen molar-refractivity contribution in [3.63, 3.8) is 0 Å². The number of anilines is 1. The quantitative estimate of drug-likeness (QED) is 0.772. The van der Waals surface area contributed by atoms with Gasteiger partial charge in [-0.15, -0.1) is 0 Å². The summed E-state index contributed by atoms with van der Waals surface area (Å²) in [6.07, 6.45) is -0.891. The largest absolute Gasteiger partial charge is 0.387 e. The van der Waals surface area contributed by atoms with Gasteiger partial charge in [0.1, 0.15) is 5.82 Å². The van der Waals surface area contributed by atoms with Crippen LogP contribution in [0.1, 0.15) is 42.6 Å². The Morgan fingerprint density at radius 3 is 2.46 bits per heavy atom. The third-order valence-corrected chi connectivity index (χ3v) is 3.88. The lowest BCUT2D eigenvalue weighted by Crippen LogP contribution is -2.33. The van der Waals surface area contributed by atoms with Crippen LogP contribution < -0.4 is 10.6 Å². The Kier molecular flexibility index (Phi) is 5.93. The van der Waals surface area contributed by atoms with Crippen molar-refractivity contribution in [3.8, 4) is 0 Å². The van der Waals surface area contributed by atoms with Gasteiger partial charge in [-0.05, 0) is 41.7 Å². The van der Waals surface area contributed by atoms with E-state index in [0.29, 0.717) is 5.56 Å². The fourth-order valence-corrected chi connectivity index (χ4v) is 2.49. The first-order valence-electron chi connectivity index (χ1n) is 7.96. The van der Waals surface area contributed by atoms with Gasteiger partial charge >= 0.3 is 6.03 Å². The highest BCUT2D eigenvalue weighted by atomic mass is 19.1. The molecule has 5 heteroatoms. The summed E-state index contributed by atoms with van der Waals surface area (Å²) in [6.45, 7) is 6.11. The third kappa shape index (κ3) is 4.55. The van der Waals surface area contributed by atoms with Gasteiger partial charge in [-0.3, -0.25) is 0 Å². The van der Waals surface area contributed by atoms with Crippen molar-refractivity contribution in [1.29, 1.82) is 0 Å². The van der Waals surface area contributed by atoms with Gasteiger partial charge in [0.2, 0.25) is 0 Å². The van der Waals surface area contributed by atoms with Crippen LogP contribution in [0.15, 0.2) is 42.5 Å². The number of hydrogen-bond acceptors (Lipinski definition) is 2. The van der Waals surface area contributed by atoms with Gasteiger partial charge in [0.25, 0.3) is 0 Å². The third-order valence-electron chi connectivity index (χ3n) is 3.88. The van der Waals surface area contributed by atoms with Crippen molar-refractivity contribution in [3.05, 3.63) is 65.0 Å². The topological polar surface area (TPSA) is 61.4 Å². The number of urea groups is 1. The second-order valence-corrected chi connectivity index (χ2v) is 6.10. The van der Waals surface area contributed by atoms with Crippen molar-refractivity contribution in [2.75, 3.05) is 11.9 Å². The van der Waals surface area contributed by atoms with E-state index in [1.165, 1.54) is 24.3 Å². The van der Waals surface area contributed by atoms with E-state index >= 15 is 0 Å². The van der Waals surface area contributed by atoms with Crippen LogP contribution in [0.3, 0.4) is 0 Å². The van der Waals surface area contributed by atoms with E-state index in [2.05, 4.69) is 24.5 Å². The van der Waals surface area contributed by atoms with E-state index in [9.17, 15) is 14.3 Å². The molecule has 4 nitrogen and oxygen atoms in total. The lowest BCUT2D eigenvalue weighted by molar-refractivity contribution is 0.175. The Bertz CT molecular complexity index is 699. The van der Waals surface area contributed by atoms with E-state index in [1.807, 2.05) is 25.1 Å². The van der Waals surface area contributed by atoms with Crippen molar-refractivity contribution in [2.24, 2.45) is 0 Å². The van der Waals surface area contributed by atoms with Crippen molar-refractivity contribution >= 4 is 11.7 Å². The van der Waals surface area contributed by atoms with E-state index in [0.717, 1.165) is 16.8 Å². The molecular formula is C19H23FN2O2. The number of aliphatic hydroxyl groups is 1. The molecule has 2 amide bonds. The highest BCUT2D eigenvalue weighted by Crippen LogP contribution is 2.27. The zero-order chi connectivity index (χ0) is 17.7. The Balaban J connectivity index is 1.98. The Labute approximate surface area is 141 Å². The normalized spacial score (nSPS) is 12.1. The molecule has 3 N–H and O–H groups in total. The summed E-state index contributed by atoms with van der Waals surface area (Å²) < 4.78 is 12.9. The number of carbonyl (C=O) groups is 1. The molecule has 2 aromatic carbocycles. The molecule has 0 saturated heterocycles. The van der Waals surface area contributed by atoms with Crippen molar-refractivity contribution < 1.29 is 14.3 Å². The molecule has 0 aliphatic rings. The minimum absolute atomic E-state index is 0.0420. The molecule has 24 heavy (non-hydrogen) atoms. The van der Waals surface area contributed by atoms with Crippen LogP contribution in [0.5, 0.6) is 0 Å². The summed E-state index contributed by atoms with van der Waals surface area (Å²) in [6, 6.07) is 11.1. The SMILES string of the molecule is Cc1cccc(C(C)C)c1NC(=O)NCC(O)c1ccc(F)cc1. The summed E-state index contributed by atoms with van der Waals surface area (Å²) in [5, 5.41) is 15.6. The van der Waals surface area contributed by atoms with Crippen molar-refractivity contribution in [2.45, 2.75) is 32.8 Å². The molecule has 0 aliphatic carbocycles. The van der Waals surface area contributed by atoms with E-state index in [1.54, 1.807) is 0 Å². The zero-order valence-electron chi connectivity index (χ0n) is 14.1. The Hall–Kier alpha value is -2.40. The molecule has 0 saturated carbocycles. The standard InChI is InChI=1S/C19H23FN2O2/c1-12(2)16-6-4-5-13(3)18(16)22-19(24)21-11-17(23)14-7-9-15(20)10-8-14/h4-10,12,17,23H,11H2,1-3H3,(H2,21,22,24). The summed E-state index contributed by atoms with van der Waals surface area (Å²) >= 11 is 0. The van der Waals surface area contributed by atoms with Crippen LogP contribution in [0.4, 0.5) is 14.9 Å². The smallest absolute Gasteiger partial charge is 0.319 e. The summed E-state index contributed by atoms with van der Waals surface area (Å²) in [5.74, 6) is -0.0811. The number of aryl methyl sites for hydroxylation is 1. The molecule has 0 aromatic heterocycles. The molecule has 128 valence electrons. The van der Waals surface area contributed by atoms with Crippen molar-refractivity contribution in [1.82, 2.24) is 5.32 Å². The van der Waals surface area contributed by atoms with Crippen LogP contribution in [0.25, 0.3) is 0 Å². The highest BCUT2D eigenvalue weighted by Gasteiger charge is 2.13. The van der Waals surface area contributed by atoms with Gasteiger partial charge in [0, 0.05) is 12.2 Å². The van der Waals surface area contributed by atoms with Gasteiger partial charge in [-0.2, -0.15) is 0 Å². The minimum atomic E-state index is -0.891. The monoisotopic (exact) mass is 330 g/mol. The summed E-state index contributed by atoms with van der Waals surface area (Å²) in [5.41, 5.74) is 3.39. The second-order valence-electron chi connectivity index (χ2n) is 6.10. The van der Waals surface area contributed by atoms with Gasteiger partial charge < -0.3 is 15.7 Å². The maximum Gasteiger partial charge on any atom is 0.319 e. The number of nitrogens with one attached hydrogen (secondary N) is 2. The van der Waals surface area contributed by atoms with E-state index in [-0.39, 0.29) is 24.3 Å². The number of rotatable bonds is 5. The van der Waals surface area contributed by atoms with E-state index < -0.39 is 6.10 Å². The Morgan fingerprint density at radius 2 is 1.83 bits per heavy atom. The number of amides is 2. The van der Waals surface area contributed by atoms with Crippen LogP contribution in [0, 0.1) is 12.7 Å². The molecule has 0 heterocycles. The number of halogens is 1. The fourth-order valence-electron chi connectivity index (χ4n) is 2.49. The number of para-hydroxylation sites is 1. The number of hydrogen-bond donors (Lipinski definition) is 3. The molecule has 1 atom stereocenters. The predicted octanol–water partition coefficient (Wildman–Crippen LogP) is 4.11. The molecule has 1 unspecified atom stereocenters. The minimum Gasteiger partial charge on any atom is -0.387 e. The van der Waals surface area contributed by atoms with Crippen LogP contribution in [-0.4, -0.2) is 17.7 Å². The van der Waals surface area contributed by atoms with Gasteiger partial charge in [0.15, 0.2) is 0 Å². The van der Waals surface area contributed by atoms with E-state index in [4.69, 9.17) is 0 Å². The molecule has 0 aliphatic heterocycles. The zero-order valence-corrected chi connectivity index (χ0v) is 14.1. The van der Waals surface area contributed by atoms with Crippen LogP contribution in [-0.2, 0) is 0 Å². The molecule has 0 radical (unpaired) electrons. The van der Waals surface area contributed by atoms with Gasteiger partial charge in [0.05, 0.1) is 6.10 Å².